The second-order valence-corrected chi connectivity index (χ2v) is 5.57. The van der Waals surface area contributed by atoms with Crippen LogP contribution in [0.3, 0.4) is 0 Å². The Labute approximate surface area is 127 Å². The molecule has 0 saturated heterocycles. The summed E-state index contributed by atoms with van der Waals surface area (Å²) in [5, 5.41) is 11.9. The molecule has 0 aliphatic heterocycles. The van der Waals surface area contributed by atoms with Crippen molar-refractivity contribution in [1.29, 1.82) is 5.26 Å². The summed E-state index contributed by atoms with van der Waals surface area (Å²) >= 11 is 1.59. The van der Waals surface area contributed by atoms with Crippen LogP contribution >= 0.6 is 11.3 Å². The Bertz CT molecular complexity index is 683. The number of nitriles is 1. The Morgan fingerprint density at radius 1 is 1.38 bits per heavy atom. The summed E-state index contributed by atoms with van der Waals surface area (Å²) in [5.41, 5.74) is 1.06. The molecule has 0 bridgehead atoms. The lowest BCUT2D eigenvalue weighted by Gasteiger charge is -2.03. The average Bonchev–Trinajstić information content (AvgIpc) is 2.99. The van der Waals surface area contributed by atoms with Gasteiger partial charge in [-0.1, -0.05) is 6.92 Å². The molecule has 1 amide bonds. The summed E-state index contributed by atoms with van der Waals surface area (Å²) in [6.07, 6.45) is 5.92. The third kappa shape index (κ3) is 4.26. The quantitative estimate of drug-likeness (QED) is 0.681. The average molecular weight is 297 g/mol. The number of carbonyl (C=O) groups excluding carboxylic acids is 1. The number of amides is 1. The molecule has 2 heterocycles. The van der Waals surface area contributed by atoms with E-state index in [1.54, 1.807) is 29.8 Å². The number of rotatable bonds is 5. The van der Waals surface area contributed by atoms with E-state index in [4.69, 9.17) is 5.26 Å². The van der Waals surface area contributed by atoms with Crippen molar-refractivity contribution < 1.29 is 4.79 Å². The van der Waals surface area contributed by atoms with Gasteiger partial charge in [0, 0.05) is 28.7 Å². The molecule has 0 aliphatic rings. The molecule has 21 heavy (non-hydrogen) atoms. The fourth-order valence-electron chi connectivity index (χ4n) is 1.73. The summed E-state index contributed by atoms with van der Waals surface area (Å²) in [7, 11) is 0. The lowest BCUT2D eigenvalue weighted by atomic mass is 10.2. The van der Waals surface area contributed by atoms with Crippen LogP contribution in [-0.4, -0.2) is 10.9 Å². The molecule has 0 atom stereocenters. The van der Waals surface area contributed by atoms with Gasteiger partial charge in [0.25, 0.3) is 5.91 Å². The molecule has 1 N–H and O–H groups in total. The SMILES string of the molecule is CCc1ccc(/C=C(/C#N)C(=O)NCc2ccncc2)s1. The van der Waals surface area contributed by atoms with Crippen LogP contribution in [0.1, 0.15) is 22.2 Å². The highest BCUT2D eigenvalue weighted by molar-refractivity contribution is 7.12. The van der Waals surface area contributed by atoms with Crippen LogP contribution in [0.2, 0.25) is 0 Å². The van der Waals surface area contributed by atoms with Gasteiger partial charge in [-0.05, 0) is 42.3 Å². The Kier molecular flexibility index (Phi) is 5.24. The number of thiophene rings is 1. The number of aryl methyl sites for hydroxylation is 1. The monoisotopic (exact) mass is 297 g/mol. The summed E-state index contributed by atoms with van der Waals surface area (Å²) in [5.74, 6) is -0.360. The predicted octanol–water partition coefficient (Wildman–Crippen LogP) is 2.93. The molecular weight excluding hydrogens is 282 g/mol. The van der Waals surface area contributed by atoms with Crippen molar-refractivity contribution in [2.45, 2.75) is 19.9 Å². The number of aromatic nitrogens is 1. The largest absolute Gasteiger partial charge is 0.347 e. The Morgan fingerprint density at radius 3 is 2.76 bits per heavy atom. The third-order valence-electron chi connectivity index (χ3n) is 2.88. The molecule has 0 aliphatic carbocycles. The van der Waals surface area contributed by atoms with Crippen LogP contribution < -0.4 is 5.32 Å². The van der Waals surface area contributed by atoms with Gasteiger partial charge < -0.3 is 5.32 Å². The van der Waals surface area contributed by atoms with E-state index in [1.807, 2.05) is 30.3 Å². The van der Waals surface area contributed by atoms with Gasteiger partial charge in [-0.25, -0.2) is 0 Å². The van der Waals surface area contributed by atoms with Gasteiger partial charge in [-0.2, -0.15) is 5.26 Å². The number of nitrogens with zero attached hydrogens (tertiary/aromatic N) is 2. The van der Waals surface area contributed by atoms with E-state index in [2.05, 4.69) is 17.2 Å². The predicted molar refractivity (Wildman–Crippen MR) is 83.4 cm³/mol. The van der Waals surface area contributed by atoms with Gasteiger partial charge >= 0.3 is 0 Å². The van der Waals surface area contributed by atoms with Crippen molar-refractivity contribution >= 4 is 23.3 Å². The van der Waals surface area contributed by atoms with Gasteiger partial charge in [-0.3, -0.25) is 9.78 Å². The zero-order chi connectivity index (χ0) is 15.1. The summed E-state index contributed by atoms with van der Waals surface area (Å²) in [6.45, 7) is 2.46. The number of pyridine rings is 1. The zero-order valence-corrected chi connectivity index (χ0v) is 12.5. The highest BCUT2D eigenvalue weighted by Crippen LogP contribution is 2.19. The molecule has 2 aromatic heterocycles. The second-order valence-electron chi connectivity index (χ2n) is 4.37. The minimum Gasteiger partial charge on any atom is -0.347 e. The lowest BCUT2D eigenvalue weighted by Crippen LogP contribution is -2.23. The summed E-state index contributed by atoms with van der Waals surface area (Å²) in [4.78, 5) is 18.1. The van der Waals surface area contributed by atoms with Crippen LogP contribution in [0.25, 0.3) is 6.08 Å². The maximum absolute atomic E-state index is 12.0. The van der Waals surface area contributed by atoms with E-state index in [0.29, 0.717) is 6.54 Å². The normalized spacial score (nSPS) is 11.0. The molecule has 2 rings (SSSR count). The maximum Gasteiger partial charge on any atom is 0.262 e. The highest BCUT2D eigenvalue weighted by atomic mass is 32.1. The van der Waals surface area contributed by atoms with Gasteiger partial charge in [0.2, 0.25) is 0 Å². The Balaban J connectivity index is 2.03. The van der Waals surface area contributed by atoms with Crippen molar-refractivity contribution in [1.82, 2.24) is 10.3 Å². The van der Waals surface area contributed by atoms with Gasteiger partial charge in [-0.15, -0.1) is 11.3 Å². The van der Waals surface area contributed by atoms with E-state index < -0.39 is 0 Å². The molecule has 0 aromatic carbocycles. The molecule has 0 radical (unpaired) electrons. The molecular formula is C16H15N3OS. The fraction of sp³-hybridized carbons (Fsp3) is 0.188. The number of carbonyl (C=O) groups is 1. The summed E-state index contributed by atoms with van der Waals surface area (Å²) in [6, 6.07) is 9.54. The van der Waals surface area contributed by atoms with Crippen LogP contribution in [0.15, 0.2) is 42.2 Å². The highest BCUT2D eigenvalue weighted by Gasteiger charge is 2.09. The van der Waals surface area contributed by atoms with Crippen molar-refractivity contribution in [2.24, 2.45) is 0 Å². The van der Waals surface area contributed by atoms with Crippen LogP contribution in [0, 0.1) is 11.3 Å². The number of hydrogen-bond donors (Lipinski definition) is 1. The smallest absolute Gasteiger partial charge is 0.262 e. The number of hydrogen-bond acceptors (Lipinski definition) is 4. The molecule has 0 spiro atoms. The molecule has 4 nitrogen and oxygen atoms in total. The van der Waals surface area contributed by atoms with Crippen LogP contribution in [0.4, 0.5) is 0 Å². The Hall–Kier alpha value is -2.45. The summed E-state index contributed by atoms with van der Waals surface area (Å²) < 4.78 is 0. The topological polar surface area (TPSA) is 65.8 Å². The van der Waals surface area contributed by atoms with Crippen molar-refractivity contribution in [3.63, 3.8) is 0 Å². The minimum absolute atomic E-state index is 0.119. The third-order valence-corrected chi connectivity index (χ3v) is 4.06. The van der Waals surface area contributed by atoms with E-state index in [0.717, 1.165) is 16.9 Å². The Morgan fingerprint density at radius 2 is 2.14 bits per heavy atom. The van der Waals surface area contributed by atoms with E-state index in [9.17, 15) is 4.79 Å². The maximum atomic E-state index is 12.0. The zero-order valence-electron chi connectivity index (χ0n) is 11.7. The van der Waals surface area contributed by atoms with E-state index in [-0.39, 0.29) is 11.5 Å². The molecule has 0 unspecified atom stereocenters. The molecule has 0 saturated carbocycles. The fourth-order valence-corrected chi connectivity index (χ4v) is 2.63. The molecule has 0 fully saturated rings. The van der Waals surface area contributed by atoms with Crippen molar-refractivity contribution in [3.05, 3.63) is 57.6 Å². The minimum atomic E-state index is -0.360. The van der Waals surface area contributed by atoms with Gasteiger partial charge in [0.1, 0.15) is 11.6 Å². The molecule has 5 heteroatoms. The van der Waals surface area contributed by atoms with E-state index >= 15 is 0 Å². The number of nitrogens with one attached hydrogen (secondary N) is 1. The first-order valence-electron chi connectivity index (χ1n) is 6.60. The lowest BCUT2D eigenvalue weighted by molar-refractivity contribution is -0.117. The van der Waals surface area contributed by atoms with Gasteiger partial charge in [0.15, 0.2) is 0 Å². The van der Waals surface area contributed by atoms with Crippen LogP contribution in [0.5, 0.6) is 0 Å². The van der Waals surface area contributed by atoms with Crippen LogP contribution in [-0.2, 0) is 17.8 Å². The molecule has 106 valence electrons. The second kappa shape index (κ2) is 7.36. The van der Waals surface area contributed by atoms with E-state index in [1.165, 1.54) is 4.88 Å². The first-order chi connectivity index (χ1) is 10.2. The van der Waals surface area contributed by atoms with Gasteiger partial charge in [0.05, 0.1) is 0 Å². The standard InChI is InChI=1S/C16H15N3OS/c1-2-14-3-4-15(21-14)9-13(10-17)16(20)19-11-12-5-7-18-8-6-12/h3-9H,2,11H2,1H3,(H,19,20)/b13-9-. The van der Waals surface area contributed by atoms with Crippen molar-refractivity contribution in [3.8, 4) is 6.07 Å². The first-order valence-corrected chi connectivity index (χ1v) is 7.42. The van der Waals surface area contributed by atoms with Crippen molar-refractivity contribution in [2.75, 3.05) is 0 Å². The first kappa shape index (κ1) is 14.9. The molecule has 2 aromatic rings.